The van der Waals surface area contributed by atoms with Gasteiger partial charge in [-0.1, -0.05) is 57.7 Å². The van der Waals surface area contributed by atoms with Gasteiger partial charge in [0, 0.05) is 42.6 Å². The van der Waals surface area contributed by atoms with Gasteiger partial charge in [0.05, 0.1) is 29.4 Å². The summed E-state index contributed by atoms with van der Waals surface area (Å²) in [6.45, 7) is 7.88. The van der Waals surface area contributed by atoms with Gasteiger partial charge in [-0.25, -0.2) is 18.1 Å². The summed E-state index contributed by atoms with van der Waals surface area (Å²) >= 11 is 0. The number of amides is 3. The van der Waals surface area contributed by atoms with Crippen molar-refractivity contribution in [2.75, 3.05) is 26.0 Å². The third-order valence-electron chi connectivity index (χ3n) is 10.3. The molecule has 13 nitrogen and oxygen atoms in total. The van der Waals surface area contributed by atoms with E-state index in [1.807, 2.05) is 70.2 Å². The van der Waals surface area contributed by atoms with Crippen LogP contribution in [-0.2, 0) is 24.4 Å². The molecule has 4 heterocycles. The molecule has 4 atom stereocenters. The molecule has 3 amide bonds. The van der Waals surface area contributed by atoms with Crippen LogP contribution in [0.4, 0.5) is 0 Å². The number of fused-ring (bicyclic) bond motifs is 1. The van der Waals surface area contributed by atoms with Crippen LogP contribution < -0.4 is 10.0 Å². The van der Waals surface area contributed by atoms with Gasteiger partial charge >= 0.3 is 0 Å². The topological polar surface area (TPSA) is 177 Å². The molecule has 1 aromatic heterocycles. The quantitative estimate of drug-likeness (QED) is 0.216. The molecular formula is C40H49N7O6S. The second-order valence-electron chi connectivity index (χ2n) is 15.1. The lowest BCUT2D eigenvalue weighted by Gasteiger charge is -2.31. The molecule has 3 aromatic rings. The molecule has 4 unspecified atom stereocenters. The number of rotatable bonds is 11. The lowest BCUT2D eigenvalue weighted by Crippen LogP contribution is -2.54. The highest BCUT2D eigenvalue weighted by molar-refractivity contribution is 7.88. The average molecular weight is 756 g/mol. The molecule has 286 valence electrons. The molecule has 2 fully saturated rings. The molecule has 0 saturated carbocycles. The van der Waals surface area contributed by atoms with Crippen molar-refractivity contribution in [3.05, 3.63) is 65.6 Å². The van der Waals surface area contributed by atoms with Crippen LogP contribution in [0.15, 0.2) is 59.2 Å². The van der Waals surface area contributed by atoms with Crippen molar-refractivity contribution in [2.45, 2.75) is 84.0 Å². The molecule has 3 aliphatic rings. The Labute approximate surface area is 316 Å². The van der Waals surface area contributed by atoms with E-state index >= 15 is 0 Å². The largest absolute Gasteiger partial charge is 0.387 e. The predicted octanol–water partition coefficient (Wildman–Crippen LogP) is 3.67. The fraction of sp³-hybridized carbons (Fsp3) is 0.475. The number of aliphatic hydroxyl groups is 1. The molecule has 4 N–H and O–H groups in total. The SMILES string of the molecule is CC(C)C(NC(=O)CO)C(=O)N1CCCC1C1=NC=C(C#Cc2ccc(-c3ccc4nc(C5CCCN5C(=O)C(NS(C)(=O)=O)C(C)C)[nH]c4c3)cc2)C1. The van der Waals surface area contributed by atoms with Crippen LogP contribution >= 0.6 is 0 Å². The number of allylic oxidation sites excluding steroid dienone is 1. The molecule has 0 bridgehead atoms. The van der Waals surface area contributed by atoms with Crippen molar-refractivity contribution in [3.63, 3.8) is 0 Å². The first-order valence-corrected chi connectivity index (χ1v) is 20.5. The Morgan fingerprint density at radius 3 is 2.19 bits per heavy atom. The average Bonchev–Trinajstić information content (AvgIpc) is 3.96. The van der Waals surface area contributed by atoms with Crippen LogP contribution in [0, 0.1) is 23.7 Å². The van der Waals surface area contributed by atoms with Gasteiger partial charge in [-0.05, 0) is 72.9 Å². The number of carbonyl (C=O) groups excluding carboxylic acids is 3. The Hall–Kier alpha value is -4.84. The van der Waals surface area contributed by atoms with E-state index < -0.39 is 34.6 Å². The van der Waals surface area contributed by atoms with E-state index in [0.29, 0.717) is 25.3 Å². The number of likely N-dealkylation sites (tertiary alicyclic amines) is 2. The zero-order valence-electron chi connectivity index (χ0n) is 31.4. The minimum Gasteiger partial charge on any atom is -0.387 e. The first-order chi connectivity index (χ1) is 25.7. The zero-order valence-corrected chi connectivity index (χ0v) is 32.2. The Balaban J connectivity index is 1.09. The van der Waals surface area contributed by atoms with Crippen molar-refractivity contribution >= 4 is 44.5 Å². The van der Waals surface area contributed by atoms with Gasteiger partial charge in [0.2, 0.25) is 27.7 Å². The number of aromatic amines is 1. The van der Waals surface area contributed by atoms with Gasteiger partial charge in [-0.15, -0.1) is 0 Å². The Morgan fingerprint density at radius 2 is 1.54 bits per heavy atom. The maximum atomic E-state index is 13.5. The normalized spacial score (nSPS) is 19.9. The third kappa shape index (κ3) is 8.75. The number of carbonyl (C=O) groups is 3. The van der Waals surface area contributed by atoms with Gasteiger partial charge in [0.1, 0.15) is 24.5 Å². The summed E-state index contributed by atoms with van der Waals surface area (Å²) in [5, 5.41) is 11.9. The van der Waals surface area contributed by atoms with Gasteiger partial charge < -0.3 is 25.2 Å². The van der Waals surface area contributed by atoms with E-state index in [1.54, 1.807) is 16.0 Å². The number of hydrogen-bond donors (Lipinski definition) is 4. The monoisotopic (exact) mass is 755 g/mol. The number of H-pyrrole nitrogens is 1. The van der Waals surface area contributed by atoms with Crippen LogP contribution in [0.25, 0.3) is 22.2 Å². The summed E-state index contributed by atoms with van der Waals surface area (Å²) in [5.74, 6) is 5.88. The third-order valence-corrected chi connectivity index (χ3v) is 11.0. The molecule has 0 radical (unpaired) electrons. The number of nitrogens with zero attached hydrogens (tertiary/aromatic N) is 4. The predicted molar refractivity (Wildman–Crippen MR) is 207 cm³/mol. The summed E-state index contributed by atoms with van der Waals surface area (Å²) in [6.07, 6.45) is 6.59. The van der Waals surface area contributed by atoms with Gasteiger partial charge in [-0.2, -0.15) is 0 Å². The summed E-state index contributed by atoms with van der Waals surface area (Å²) in [5.41, 5.74) is 6.26. The number of imidazole rings is 1. The van der Waals surface area contributed by atoms with E-state index in [0.717, 1.165) is 70.9 Å². The molecule has 2 saturated heterocycles. The van der Waals surface area contributed by atoms with Gasteiger partial charge in [0.25, 0.3) is 0 Å². The lowest BCUT2D eigenvalue weighted by atomic mass is 9.99. The van der Waals surface area contributed by atoms with Crippen LogP contribution in [0.2, 0.25) is 0 Å². The maximum absolute atomic E-state index is 13.5. The van der Waals surface area contributed by atoms with Gasteiger partial charge in [-0.3, -0.25) is 19.4 Å². The van der Waals surface area contributed by atoms with Crippen molar-refractivity contribution in [3.8, 4) is 23.0 Å². The Kier molecular flexibility index (Phi) is 11.7. The van der Waals surface area contributed by atoms with Crippen LogP contribution in [0.3, 0.4) is 0 Å². The molecular weight excluding hydrogens is 707 g/mol. The first kappa shape index (κ1) is 38.9. The highest BCUT2D eigenvalue weighted by Crippen LogP contribution is 2.34. The summed E-state index contributed by atoms with van der Waals surface area (Å²) < 4.78 is 26.5. The van der Waals surface area contributed by atoms with Crippen LogP contribution in [-0.4, -0.2) is 101 Å². The second kappa shape index (κ2) is 16.3. The highest BCUT2D eigenvalue weighted by Gasteiger charge is 2.39. The molecule has 14 heteroatoms. The first-order valence-electron chi connectivity index (χ1n) is 18.6. The highest BCUT2D eigenvalue weighted by atomic mass is 32.2. The van der Waals surface area contributed by atoms with Crippen molar-refractivity contribution in [2.24, 2.45) is 16.8 Å². The second-order valence-corrected chi connectivity index (χ2v) is 16.9. The van der Waals surface area contributed by atoms with E-state index in [2.05, 4.69) is 31.9 Å². The summed E-state index contributed by atoms with van der Waals surface area (Å²) in [6, 6.07) is 12.0. The lowest BCUT2D eigenvalue weighted by molar-refractivity contribution is -0.138. The van der Waals surface area contributed by atoms with E-state index in [4.69, 9.17) is 4.98 Å². The van der Waals surface area contributed by atoms with Crippen molar-refractivity contribution in [1.29, 1.82) is 0 Å². The Bertz CT molecular complexity index is 2150. The maximum Gasteiger partial charge on any atom is 0.246 e. The molecule has 2 aromatic carbocycles. The number of nitrogens with one attached hydrogen (secondary N) is 3. The number of aromatic nitrogens is 2. The minimum atomic E-state index is -3.56. The van der Waals surface area contributed by atoms with E-state index in [-0.39, 0.29) is 35.7 Å². The van der Waals surface area contributed by atoms with Gasteiger partial charge in [0.15, 0.2) is 0 Å². The number of hydrogen-bond acceptors (Lipinski definition) is 8. The molecule has 0 spiro atoms. The summed E-state index contributed by atoms with van der Waals surface area (Å²) in [4.78, 5) is 55.3. The smallest absolute Gasteiger partial charge is 0.246 e. The standard InChI is InChI=1S/C40H49N7O6S/c1-24(2)36(44-35(49)23-48)39(50)46-18-6-8-33(46)32-20-27(22-41-32)11-10-26-12-14-28(15-13-26)29-16-17-30-31(21-29)43-38(42-30)34-9-7-19-47(34)40(51)37(25(3)4)45-54(5,52)53/h12-17,21-22,24-25,33-34,36-37,45,48H,6-9,18-20,23H2,1-5H3,(H,42,43)(H,44,49). The fourth-order valence-electron chi connectivity index (χ4n) is 7.48. The van der Waals surface area contributed by atoms with E-state index in [1.165, 1.54) is 0 Å². The molecule has 54 heavy (non-hydrogen) atoms. The number of aliphatic hydroxyl groups excluding tert-OH is 1. The minimum absolute atomic E-state index is 0.128. The van der Waals surface area contributed by atoms with E-state index in [9.17, 15) is 27.9 Å². The van der Waals surface area contributed by atoms with Crippen LogP contribution in [0.5, 0.6) is 0 Å². The van der Waals surface area contributed by atoms with Crippen molar-refractivity contribution < 1.29 is 27.9 Å². The molecule has 0 aliphatic carbocycles. The van der Waals surface area contributed by atoms with Crippen molar-refractivity contribution in [1.82, 2.24) is 29.8 Å². The zero-order chi connectivity index (χ0) is 38.7. The number of aliphatic imine (C=N–C) groups is 1. The summed E-state index contributed by atoms with van der Waals surface area (Å²) in [7, 11) is -3.56. The van der Waals surface area contributed by atoms with Crippen LogP contribution in [0.1, 0.15) is 77.2 Å². The Morgan fingerprint density at radius 1 is 0.907 bits per heavy atom. The molecule has 3 aliphatic heterocycles. The molecule has 6 rings (SSSR count). The number of benzene rings is 2. The number of sulfonamides is 1. The fourth-order valence-corrected chi connectivity index (χ4v) is 8.31.